The van der Waals surface area contributed by atoms with Gasteiger partial charge in [-0.05, 0) is 12.0 Å². The Hall–Kier alpha value is -2.50. The fraction of sp³-hybridized carbons (Fsp3) is 0.231. The molecule has 0 saturated carbocycles. The highest BCUT2D eigenvalue weighted by molar-refractivity contribution is 5.14. The van der Waals surface area contributed by atoms with Gasteiger partial charge in [-0.25, -0.2) is 9.67 Å². The zero-order valence-electron chi connectivity index (χ0n) is 10.4. The molecule has 0 spiro atoms. The van der Waals surface area contributed by atoms with Gasteiger partial charge in [0, 0.05) is 6.54 Å². The average Bonchev–Trinajstić information content (AvgIpc) is 3.10. The van der Waals surface area contributed by atoms with Crippen molar-refractivity contribution in [3.8, 4) is 0 Å². The second-order valence-electron chi connectivity index (χ2n) is 4.30. The first-order chi connectivity index (χ1) is 9.40. The molecule has 2 heterocycles. The Morgan fingerprint density at radius 3 is 2.74 bits per heavy atom. The summed E-state index contributed by atoms with van der Waals surface area (Å²) in [5, 5.41) is 12.3. The van der Waals surface area contributed by atoms with Crippen LogP contribution in [0.25, 0.3) is 0 Å². The fourth-order valence-corrected chi connectivity index (χ4v) is 1.89. The van der Waals surface area contributed by atoms with E-state index < -0.39 is 0 Å². The van der Waals surface area contributed by atoms with Crippen molar-refractivity contribution in [2.75, 3.05) is 0 Å². The van der Waals surface area contributed by atoms with Crippen molar-refractivity contribution in [1.29, 1.82) is 0 Å². The van der Waals surface area contributed by atoms with Crippen LogP contribution in [-0.4, -0.2) is 29.8 Å². The highest BCUT2D eigenvalue weighted by Crippen LogP contribution is 2.02. The van der Waals surface area contributed by atoms with Crippen molar-refractivity contribution in [3.05, 3.63) is 60.4 Å². The lowest BCUT2D eigenvalue weighted by atomic mass is 10.1. The van der Waals surface area contributed by atoms with Crippen LogP contribution in [0.1, 0.15) is 11.3 Å². The monoisotopic (exact) mass is 254 g/mol. The second-order valence-corrected chi connectivity index (χ2v) is 4.30. The lowest BCUT2D eigenvalue weighted by Gasteiger charge is -2.00. The summed E-state index contributed by atoms with van der Waals surface area (Å²) in [6, 6.07) is 10.4. The molecule has 3 aromatic rings. The van der Waals surface area contributed by atoms with Crippen LogP contribution in [0, 0.1) is 0 Å². The minimum absolute atomic E-state index is 0.603. The highest BCUT2D eigenvalue weighted by atomic mass is 15.4. The summed E-state index contributed by atoms with van der Waals surface area (Å²) < 4.78 is 3.59. The summed E-state index contributed by atoms with van der Waals surface area (Å²) >= 11 is 0. The lowest BCUT2D eigenvalue weighted by Crippen LogP contribution is -2.02. The summed E-state index contributed by atoms with van der Waals surface area (Å²) in [5.41, 5.74) is 2.19. The molecule has 0 atom stereocenters. The molecule has 6 nitrogen and oxygen atoms in total. The molecule has 0 bridgehead atoms. The quantitative estimate of drug-likeness (QED) is 0.685. The third-order valence-corrected chi connectivity index (χ3v) is 2.85. The normalized spacial score (nSPS) is 10.7. The van der Waals surface area contributed by atoms with E-state index in [1.165, 1.54) is 11.9 Å². The number of hydrogen-bond acceptors (Lipinski definition) is 4. The first-order valence-corrected chi connectivity index (χ1v) is 6.15. The van der Waals surface area contributed by atoms with Gasteiger partial charge in [-0.3, -0.25) is 4.68 Å². The number of aryl methyl sites for hydroxylation is 2. The lowest BCUT2D eigenvalue weighted by molar-refractivity contribution is 0.589. The Kier molecular flexibility index (Phi) is 3.31. The number of nitrogens with zero attached hydrogens (tertiary/aromatic N) is 6. The van der Waals surface area contributed by atoms with Gasteiger partial charge in [0.1, 0.15) is 18.3 Å². The van der Waals surface area contributed by atoms with Crippen LogP contribution in [0.2, 0.25) is 0 Å². The summed E-state index contributed by atoms with van der Waals surface area (Å²) in [7, 11) is 0. The fourth-order valence-electron chi connectivity index (χ4n) is 1.89. The molecule has 0 amide bonds. The molecule has 0 aliphatic carbocycles. The third kappa shape index (κ3) is 3.04. The van der Waals surface area contributed by atoms with Crippen LogP contribution >= 0.6 is 0 Å². The maximum absolute atomic E-state index is 4.13. The first kappa shape index (κ1) is 11.6. The second kappa shape index (κ2) is 5.43. The minimum Gasteiger partial charge on any atom is -0.252 e. The number of hydrogen-bond donors (Lipinski definition) is 0. The standard InChI is InChI=1S/C13H14N6/c1-2-4-12(5-3-1)6-7-18-8-13(16-17-18)9-19-11-14-10-15-19/h1-5,8,10-11H,6-7,9H2. The van der Waals surface area contributed by atoms with Crippen molar-refractivity contribution in [2.45, 2.75) is 19.5 Å². The summed E-state index contributed by atoms with van der Waals surface area (Å²) in [6.45, 7) is 1.43. The molecule has 6 heteroatoms. The van der Waals surface area contributed by atoms with Crippen LogP contribution in [0.4, 0.5) is 0 Å². The van der Waals surface area contributed by atoms with E-state index in [0.29, 0.717) is 6.54 Å². The van der Waals surface area contributed by atoms with E-state index in [4.69, 9.17) is 0 Å². The number of rotatable bonds is 5. The van der Waals surface area contributed by atoms with E-state index >= 15 is 0 Å². The van der Waals surface area contributed by atoms with Gasteiger partial charge < -0.3 is 0 Å². The molecule has 0 N–H and O–H groups in total. The molecule has 0 fully saturated rings. The van der Waals surface area contributed by atoms with Gasteiger partial charge in [-0.2, -0.15) is 5.10 Å². The zero-order valence-corrected chi connectivity index (χ0v) is 10.4. The summed E-state index contributed by atoms with van der Waals surface area (Å²) in [5.74, 6) is 0. The van der Waals surface area contributed by atoms with E-state index in [1.54, 1.807) is 11.0 Å². The van der Waals surface area contributed by atoms with Gasteiger partial charge >= 0.3 is 0 Å². The third-order valence-electron chi connectivity index (χ3n) is 2.85. The van der Waals surface area contributed by atoms with Crippen LogP contribution in [-0.2, 0) is 19.5 Å². The van der Waals surface area contributed by atoms with E-state index in [1.807, 2.05) is 29.1 Å². The van der Waals surface area contributed by atoms with Crippen LogP contribution < -0.4 is 0 Å². The largest absolute Gasteiger partial charge is 0.252 e. The Labute approximate surface area is 110 Å². The first-order valence-electron chi connectivity index (χ1n) is 6.15. The molecule has 0 radical (unpaired) electrons. The molecule has 3 rings (SSSR count). The minimum atomic E-state index is 0.603. The molecule has 0 aliphatic heterocycles. The van der Waals surface area contributed by atoms with Gasteiger partial charge in [-0.1, -0.05) is 35.5 Å². The average molecular weight is 254 g/mol. The van der Waals surface area contributed by atoms with Crippen LogP contribution in [0.3, 0.4) is 0 Å². The Morgan fingerprint density at radius 1 is 1.05 bits per heavy atom. The predicted molar refractivity (Wildman–Crippen MR) is 69.3 cm³/mol. The van der Waals surface area contributed by atoms with Crippen LogP contribution in [0.15, 0.2) is 49.2 Å². The molecular weight excluding hydrogens is 240 g/mol. The molecule has 0 unspecified atom stereocenters. The molecule has 1 aromatic carbocycles. The Bertz CT molecular complexity index is 614. The number of benzene rings is 1. The summed E-state index contributed by atoms with van der Waals surface area (Å²) in [6.07, 6.45) is 6.08. The Morgan fingerprint density at radius 2 is 1.95 bits per heavy atom. The highest BCUT2D eigenvalue weighted by Gasteiger charge is 2.02. The molecule has 19 heavy (non-hydrogen) atoms. The zero-order chi connectivity index (χ0) is 12.9. The van der Waals surface area contributed by atoms with Crippen molar-refractivity contribution < 1.29 is 0 Å². The molecule has 0 aliphatic rings. The molecule has 0 saturated heterocycles. The van der Waals surface area contributed by atoms with Gasteiger partial charge in [0.15, 0.2) is 0 Å². The summed E-state index contributed by atoms with van der Waals surface area (Å²) in [4.78, 5) is 3.90. The van der Waals surface area contributed by atoms with Gasteiger partial charge in [0.2, 0.25) is 0 Å². The molecule has 2 aromatic heterocycles. The predicted octanol–water partition coefficient (Wildman–Crippen LogP) is 1.16. The topological polar surface area (TPSA) is 61.4 Å². The van der Waals surface area contributed by atoms with E-state index in [2.05, 4.69) is 32.5 Å². The number of aromatic nitrogens is 6. The SMILES string of the molecule is c1ccc(CCn2cc(Cn3cncn3)nn2)cc1. The smallest absolute Gasteiger partial charge is 0.137 e. The van der Waals surface area contributed by atoms with Crippen LogP contribution in [0.5, 0.6) is 0 Å². The van der Waals surface area contributed by atoms with Crippen molar-refractivity contribution in [2.24, 2.45) is 0 Å². The maximum Gasteiger partial charge on any atom is 0.137 e. The van der Waals surface area contributed by atoms with Crippen molar-refractivity contribution in [3.63, 3.8) is 0 Å². The van der Waals surface area contributed by atoms with E-state index in [0.717, 1.165) is 18.7 Å². The molecular formula is C13H14N6. The van der Waals surface area contributed by atoms with E-state index in [-0.39, 0.29) is 0 Å². The molecule has 96 valence electrons. The Balaban J connectivity index is 1.59. The van der Waals surface area contributed by atoms with E-state index in [9.17, 15) is 0 Å². The van der Waals surface area contributed by atoms with Gasteiger partial charge in [0.25, 0.3) is 0 Å². The maximum atomic E-state index is 4.13. The van der Waals surface area contributed by atoms with Crippen molar-refractivity contribution in [1.82, 2.24) is 29.8 Å². The van der Waals surface area contributed by atoms with Gasteiger partial charge in [-0.15, -0.1) is 5.10 Å². The van der Waals surface area contributed by atoms with Crippen molar-refractivity contribution >= 4 is 0 Å². The van der Waals surface area contributed by atoms with Gasteiger partial charge in [0.05, 0.1) is 12.7 Å².